The lowest BCUT2D eigenvalue weighted by molar-refractivity contribution is 0.0988. The van der Waals surface area contributed by atoms with E-state index < -0.39 is 0 Å². The van der Waals surface area contributed by atoms with Gasteiger partial charge in [-0.05, 0) is 68.5 Å². The highest BCUT2D eigenvalue weighted by atomic mass is 32.1. The Balaban J connectivity index is 2.06. The smallest absolute Gasteiger partial charge is 0.262 e. The van der Waals surface area contributed by atoms with E-state index in [0.29, 0.717) is 40.0 Å². The average molecular weight is 371 g/mol. The fourth-order valence-corrected chi connectivity index (χ4v) is 3.22. The number of hydrogen-bond donors (Lipinski definition) is 1. The van der Waals surface area contributed by atoms with Crippen molar-refractivity contribution < 1.29 is 9.18 Å². The van der Waals surface area contributed by atoms with Gasteiger partial charge in [0.15, 0.2) is 4.77 Å². The summed E-state index contributed by atoms with van der Waals surface area (Å²) < 4.78 is 14.9. The molecule has 7 heteroatoms. The highest BCUT2D eigenvalue weighted by molar-refractivity contribution is 7.71. The van der Waals surface area contributed by atoms with E-state index in [0.717, 1.165) is 0 Å². The number of H-pyrrole nitrogens is 1. The Morgan fingerprint density at radius 1 is 1.19 bits per heavy atom. The summed E-state index contributed by atoms with van der Waals surface area (Å²) in [6.45, 7) is 4.58. The van der Waals surface area contributed by atoms with Crippen LogP contribution in [0.15, 0.2) is 47.3 Å². The first-order valence-corrected chi connectivity index (χ1v) is 8.71. The molecule has 0 aliphatic heterocycles. The average Bonchev–Trinajstić information content (AvgIpc) is 2.63. The molecule has 3 aromatic rings. The second-order valence-corrected chi connectivity index (χ2v) is 6.15. The van der Waals surface area contributed by atoms with Gasteiger partial charge in [0.25, 0.3) is 11.5 Å². The van der Waals surface area contributed by atoms with E-state index in [1.165, 1.54) is 16.7 Å². The van der Waals surface area contributed by atoms with E-state index in [1.54, 1.807) is 35.2 Å². The SMILES string of the molecule is CCN(C(=O)c1ccc2c(=O)n(CC)c(=S)[nH]c2c1)c1ccc(F)cc1. The Hall–Kier alpha value is -2.80. The maximum Gasteiger partial charge on any atom is 0.262 e. The molecule has 2 aromatic carbocycles. The molecule has 1 amide bonds. The molecule has 1 heterocycles. The fraction of sp³-hybridized carbons (Fsp3) is 0.211. The molecule has 0 aliphatic rings. The molecule has 134 valence electrons. The molecule has 0 radical (unpaired) electrons. The number of fused-ring (bicyclic) bond motifs is 1. The Morgan fingerprint density at radius 3 is 2.50 bits per heavy atom. The summed E-state index contributed by atoms with van der Waals surface area (Å²) in [6, 6.07) is 10.6. The number of halogens is 1. The lowest BCUT2D eigenvalue weighted by Gasteiger charge is -2.21. The Labute approximate surface area is 154 Å². The number of nitrogens with one attached hydrogen (secondary N) is 1. The van der Waals surface area contributed by atoms with Gasteiger partial charge in [0, 0.05) is 24.3 Å². The van der Waals surface area contributed by atoms with E-state index in [4.69, 9.17) is 12.2 Å². The number of aromatic nitrogens is 2. The van der Waals surface area contributed by atoms with Crippen LogP contribution in [0.3, 0.4) is 0 Å². The molecule has 0 fully saturated rings. The Kier molecular flexibility index (Phi) is 4.99. The summed E-state index contributed by atoms with van der Waals surface area (Å²) in [4.78, 5) is 29.9. The Bertz CT molecular complexity index is 1090. The van der Waals surface area contributed by atoms with Crippen molar-refractivity contribution in [3.8, 4) is 0 Å². The van der Waals surface area contributed by atoms with Crippen LogP contribution in [0, 0.1) is 10.6 Å². The summed E-state index contributed by atoms with van der Waals surface area (Å²) >= 11 is 5.21. The van der Waals surface area contributed by atoms with Crippen molar-refractivity contribution in [2.24, 2.45) is 0 Å². The molecule has 0 spiro atoms. The van der Waals surface area contributed by atoms with E-state index in [9.17, 15) is 14.0 Å². The van der Waals surface area contributed by atoms with E-state index in [-0.39, 0.29) is 17.3 Å². The van der Waals surface area contributed by atoms with Crippen molar-refractivity contribution in [2.45, 2.75) is 20.4 Å². The number of amides is 1. The van der Waals surface area contributed by atoms with Crippen LogP contribution in [-0.4, -0.2) is 22.0 Å². The van der Waals surface area contributed by atoms with Crippen LogP contribution in [0.1, 0.15) is 24.2 Å². The normalized spacial score (nSPS) is 10.9. The fourth-order valence-electron chi connectivity index (χ4n) is 2.90. The lowest BCUT2D eigenvalue weighted by atomic mass is 10.1. The number of hydrogen-bond acceptors (Lipinski definition) is 3. The zero-order valence-corrected chi connectivity index (χ0v) is 15.3. The van der Waals surface area contributed by atoms with Crippen LogP contribution in [0.25, 0.3) is 10.9 Å². The van der Waals surface area contributed by atoms with Gasteiger partial charge in [-0.25, -0.2) is 4.39 Å². The van der Waals surface area contributed by atoms with Crippen LogP contribution >= 0.6 is 12.2 Å². The summed E-state index contributed by atoms with van der Waals surface area (Å²) in [7, 11) is 0. The number of aromatic amines is 1. The minimum absolute atomic E-state index is 0.184. The van der Waals surface area contributed by atoms with Gasteiger partial charge in [-0.2, -0.15) is 0 Å². The summed E-state index contributed by atoms with van der Waals surface area (Å²) in [5.74, 6) is -0.595. The van der Waals surface area contributed by atoms with Gasteiger partial charge in [-0.1, -0.05) is 0 Å². The van der Waals surface area contributed by atoms with Crippen LogP contribution in [0.5, 0.6) is 0 Å². The molecule has 0 saturated heterocycles. The molecule has 26 heavy (non-hydrogen) atoms. The number of nitrogens with zero attached hydrogens (tertiary/aromatic N) is 2. The first-order chi connectivity index (χ1) is 12.5. The zero-order chi connectivity index (χ0) is 18.8. The third-order valence-electron chi connectivity index (χ3n) is 4.24. The molecule has 1 N–H and O–H groups in total. The van der Waals surface area contributed by atoms with Crippen molar-refractivity contribution in [3.63, 3.8) is 0 Å². The van der Waals surface area contributed by atoms with Crippen molar-refractivity contribution in [1.82, 2.24) is 9.55 Å². The first kappa shape index (κ1) is 18.0. The second kappa shape index (κ2) is 7.21. The zero-order valence-electron chi connectivity index (χ0n) is 14.5. The van der Waals surface area contributed by atoms with Crippen molar-refractivity contribution in [3.05, 3.63) is 69.0 Å². The third-order valence-corrected chi connectivity index (χ3v) is 4.57. The molecule has 5 nitrogen and oxygen atoms in total. The number of benzene rings is 2. The van der Waals surface area contributed by atoms with Gasteiger partial charge < -0.3 is 9.88 Å². The number of anilines is 1. The quantitative estimate of drug-likeness (QED) is 0.708. The van der Waals surface area contributed by atoms with Gasteiger partial charge in [-0.3, -0.25) is 14.2 Å². The third kappa shape index (κ3) is 3.17. The van der Waals surface area contributed by atoms with Gasteiger partial charge in [0.2, 0.25) is 0 Å². The predicted octanol–water partition coefficient (Wildman–Crippen LogP) is 3.88. The molecule has 0 saturated carbocycles. The molecule has 3 rings (SSSR count). The summed E-state index contributed by atoms with van der Waals surface area (Å²) in [5, 5.41) is 0.474. The van der Waals surface area contributed by atoms with Crippen LogP contribution < -0.4 is 10.5 Å². The standard InChI is InChI=1S/C19H18FN3O2S/c1-3-22(14-8-6-13(20)7-9-14)17(24)12-5-10-15-16(11-12)21-19(26)23(4-2)18(15)25/h5-11H,3-4H2,1-2H3,(H,21,26). The number of carbonyl (C=O) groups excluding carboxylic acids is 1. The minimum Gasteiger partial charge on any atom is -0.332 e. The van der Waals surface area contributed by atoms with Crippen LogP contribution in [0.2, 0.25) is 0 Å². The molecule has 1 aromatic heterocycles. The van der Waals surface area contributed by atoms with Gasteiger partial charge in [0.05, 0.1) is 10.9 Å². The largest absolute Gasteiger partial charge is 0.332 e. The highest BCUT2D eigenvalue weighted by Crippen LogP contribution is 2.19. The van der Waals surface area contributed by atoms with Crippen molar-refractivity contribution in [1.29, 1.82) is 0 Å². The predicted molar refractivity (Wildman–Crippen MR) is 103 cm³/mol. The first-order valence-electron chi connectivity index (χ1n) is 8.30. The maximum absolute atomic E-state index is 13.1. The second-order valence-electron chi connectivity index (χ2n) is 5.77. The molecular formula is C19H18FN3O2S. The van der Waals surface area contributed by atoms with Crippen LogP contribution in [-0.2, 0) is 6.54 Å². The molecule has 0 aliphatic carbocycles. The lowest BCUT2D eigenvalue weighted by Crippen LogP contribution is -2.30. The van der Waals surface area contributed by atoms with E-state index in [1.807, 2.05) is 13.8 Å². The van der Waals surface area contributed by atoms with Gasteiger partial charge in [0.1, 0.15) is 5.82 Å². The molecule has 0 bridgehead atoms. The van der Waals surface area contributed by atoms with E-state index in [2.05, 4.69) is 4.98 Å². The van der Waals surface area contributed by atoms with Crippen molar-refractivity contribution in [2.75, 3.05) is 11.4 Å². The topological polar surface area (TPSA) is 58.1 Å². The number of rotatable bonds is 4. The summed E-state index contributed by atoms with van der Waals surface area (Å²) in [5.41, 5.74) is 1.36. The van der Waals surface area contributed by atoms with E-state index >= 15 is 0 Å². The summed E-state index contributed by atoms with van der Waals surface area (Å²) in [6.07, 6.45) is 0. The molecular weight excluding hydrogens is 353 g/mol. The highest BCUT2D eigenvalue weighted by Gasteiger charge is 2.17. The maximum atomic E-state index is 13.1. The molecule has 0 unspecified atom stereocenters. The monoisotopic (exact) mass is 371 g/mol. The van der Waals surface area contributed by atoms with Crippen LogP contribution in [0.4, 0.5) is 10.1 Å². The van der Waals surface area contributed by atoms with Gasteiger partial charge in [-0.15, -0.1) is 0 Å². The van der Waals surface area contributed by atoms with Crippen molar-refractivity contribution >= 4 is 34.7 Å². The minimum atomic E-state index is -0.359. The Morgan fingerprint density at radius 2 is 1.88 bits per heavy atom. The molecule has 0 atom stereocenters. The number of carbonyl (C=O) groups is 1. The van der Waals surface area contributed by atoms with Gasteiger partial charge >= 0.3 is 0 Å².